The molecule has 1 aromatic carbocycles. The number of nitrogens with two attached hydrogens (primary N) is 1. The molecule has 0 radical (unpaired) electrons. The van der Waals surface area contributed by atoms with Crippen molar-refractivity contribution >= 4 is 21.9 Å². The van der Waals surface area contributed by atoms with Gasteiger partial charge in [0.05, 0.1) is 6.42 Å². The molecule has 0 aliphatic heterocycles. The number of carbonyl (C=O) groups is 1. The van der Waals surface area contributed by atoms with E-state index in [0.29, 0.717) is 10.0 Å². The van der Waals surface area contributed by atoms with Gasteiger partial charge >= 0.3 is 5.97 Å². The summed E-state index contributed by atoms with van der Waals surface area (Å²) in [6.45, 7) is 3.35. The summed E-state index contributed by atoms with van der Waals surface area (Å²) < 4.78 is 14.5. The molecule has 0 heterocycles. The van der Waals surface area contributed by atoms with Crippen LogP contribution in [0.4, 0.5) is 4.39 Å². The molecule has 17 heavy (non-hydrogen) atoms. The maximum absolute atomic E-state index is 13.8. The van der Waals surface area contributed by atoms with Crippen molar-refractivity contribution in [2.45, 2.75) is 31.7 Å². The van der Waals surface area contributed by atoms with Crippen LogP contribution in [0.3, 0.4) is 0 Å². The fraction of sp³-hybridized carbons (Fsp3) is 0.417. The molecule has 0 aliphatic rings. The third-order valence-electron chi connectivity index (χ3n) is 3.07. The maximum Gasteiger partial charge on any atom is 0.304 e. The van der Waals surface area contributed by atoms with Crippen LogP contribution in [-0.4, -0.2) is 17.1 Å². The highest BCUT2D eigenvalue weighted by Crippen LogP contribution is 2.34. The number of benzene rings is 1. The van der Waals surface area contributed by atoms with Crippen LogP contribution in [0, 0.1) is 5.82 Å². The summed E-state index contributed by atoms with van der Waals surface area (Å²) >= 11 is 3.25. The molecule has 0 bridgehead atoms. The monoisotopic (exact) mass is 303 g/mol. The summed E-state index contributed by atoms with van der Waals surface area (Å²) in [6, 6.07) is 3.99. The van der Waals surface area contributed by atoms with Crippen molar-refractivity contribution in [1.29, 1.82) is 0 Å². The summed E-state index contributed by atoms with van der Waals surface area (Å²) in [5.74, 6) is -1.43. The van der Waals surface area contributed by atoms with E-state index in [-0.39, 0.29) is 6.42 Å². The second-order valence-electron chi connectivity index (χ2n) is 4.40. The normalized spacial score (nSPS) is 16.3. The molecule has 0 amide bonds. The average molecular weight is 304 g/mol. The van der Waals surface area contributed by atoms with E-state index < -0.39 is 23.2 Å². The minimum atomic E-state index is -0.996. The van der Waals surface area contributed by atoms with E-state index in [1.807, 2.05) is 0 Å². The quantitative estimate of drug-likeness (QED) is 0.899. The Balaban J connectivity index is 3.31. The number of aliphatic carboxylic acids is 1. The molecule has 2 atom stereocenters. The van der Waals surface area contributed by atoms with E-state index in [4.69, 9.17) is 10.8 Å². The smallest absolute Gasteiger partial charge is 0.304 e. The summed E-state index contributed by atoms with van der Waals surface area (Å²) in [7, 11) is 0. The highest BCUT2D eigenvalue weighted by Gasteiger charge is 2.36. The number of hydrogen-bond donors (Lipinski definition) is 2. The molecule has 0 fully saturated rings. The Morgan fingerprint density at radius 3 is 2.71 bits per heavy atom. The van der Waals surface area contributed by atoms with Crippen LogP contribution in [0.15, 0.2) is 22.7 Å². The van der Waals surface area contributed by atoms with Gasteiger partial charge in [0, 0.05) is 15.9 Å². The molecule has 2 unspecified atom stereocenters. The Hall–Kier alpha value is -0.940. The molecule has 0 aliphatic carbocycles. The van der Waals surface area contributed by atoms with Gasteiger partial charge in [-0.3, -0.25) is 4.79 Å². The van der Waals surface area contributed by atoms with E-state index in [2.05, 4.69) is 15.9 Å². The van der Waals surface area contributed by atoms with Gasteiger partial charge in [-0.25, -0.2) is 4.39 Å². The van der Waals surface area contributed by atoms with Crippen molar-refractivity contribution in [2.75, 3.05) is 0 Å². The predicted octanol–water partition coefficient (Wildman–Crippen LogP) is 2.67. The Kier molecular flexibility index (Phi) is 4.27. The zero-order valence-electron chi connectivity index (χ0n) is 9.71. The second-order valence-corrected chi connectivity index (χ2v) is 5.32. The first kappa shape index (κ1) is 14.1. The fourth-order valence-electron chi connectivity index (χ4n) is 1.75. The first-order chi connectivity index (χ1) is 7.77. The topological polar surface area (TPSA) is 63.3 Å². The van der Waals surface area contributed by atoms with Crippen molar-refractivity contribution in [3.63, 3.8) is 0 Å². The molecular formula is C12H15BrFNO2. The molecule has 5 heteroatoms. The highest BCUT2D eigenvalue weighted by atomic mass is 79.9. The SMILES string of the molecule is CC(N)C(C)(CC(=O)O)c1cc(Br)ccc1F. The van der Waals surface area contributed by atoms with Crippen LogP contribution < -0.4 is 5.73 Å². The lowest BCUT2D eigenvalue weighted by atomic mass is 9.74. The largest absolute Gasteiger partial charge is 0.481 e. The first-order valence-electron chi connectivity index (χ1n) is 5.20. The van der Waals surface area contributed by atoms with Crippen LogP contribution in [0.5, 0.6) is 0 Å². The van der Waals surface area contributed by atoms with Crippen LogP contribution in [-0.2, 0) is 10.2 Å². The zero-order chi connectivity index (χ0) is 13.2. The lowest BCUT2D eigenvalue weighted by molar-refractivity contribution is -0.138. The molecule has 3 N–H and O–H groups in total. The van der Waals surface area contributed by atoms with E-state index in [1.165, 1.54) is 6.07 Å². The highest BCUT2D eigenvalue weighted by molar-refractivity contribution is 9.10. The van der Waals surface area contributed by atoms with Gasteiger partial charge in [0.15, 0.2) is 0 Å². The summed E-state index contributed by atoms with van der Waals surface area (Å²) in [4.78, 5) is 10.9. The molecular weight excluding hydrogens is 289 g/mol. The van der Waals surface area contributed by atoms with Crippen LogP contribution in [0.25, 0.3) is 0 Å². The molecule has 0 aromatic heterocycles. The fourth-order valence-corrected chi connectivity index (χ4v) is 2.11. The summed E-state index contributed by atoms with van der Waals surface area (Å²) in [5.41, 5.74) is 5.22. The van der Waals surface area contributed by atoms with Crippen molar-refractivity contribution in [3.8, 4) is 0 Å². The van der Waals surface area contributed by atoms with Gasteiger partial charge < -0.3 is 10.8 Å². The van der Waals surface area contributed by atoms with E-state index >= 15 is 0 Å². The van der Waals surface area contributed by atoms with Gasteiger partial charge in [-0.1, -0.05) is 22.9 Å². The number of halogens is 2. The van der Waals surface area contributed by atoms with Crippen molar-refractivity contribution in [2.24, 2.45) is 5.73 Å². The molecule has 94 valence electrons. The standard InChI is InChI=1S/C12H15BrFNO2/c1-7(15)12(2,6-11(16)17)9-5-8(13)3-4-10(9)14/h3-5,7H,6,15H2,1-2H3,(H,16,17). The maximum atomic E-state index is 13.8. The minimum Gasteiger partial charge on any atom is -0.481 e. The van der Waals surface area contributed by atoms with Crippen molar-refractivity contribution < 1.29 is 14.3 Å². The van der Waals surface area contributed by atoms with Crippen molar-refractivity contribution in [3.05, 3.63) is 34.1 Å². The van der Waals surface area contributed by atoms with Crippen LogP contribution >= 0.6 is 15.9 Å². The van der Waals surface area contributed by atoms with Crippen LogP contribution in [0.2, 0.25) is 0 Å². The van der Waals surface area contributed by atoms with Gasteiger partial charge in [0.1, 0.15) is 5.82 Å². The molecule has 0 saturated heterocycles. The lowest BCUT2D eigenvalue weighted by Gasteiger charge is -2.33. The molecule has 1 rings (SSSR count). The predicted molar refractivity (Wildman–Crippen MR) is 67.4 cm³/mol. The van der Waals surface area contributed by atoms with Crippen LogP contribution in [0.1, 0.15) is 25.8 Å². The Morgan fingerprint density at radius 2 is 2.24 bits per heavy atom. The number of rotatable bonds is 4. The third-order valence-corrected chi connectivity index (χ3v) is 3.56. The third kappa shape index (κ3) is 3.04. The number of hydrogen-bond acceptors (Lipinski definition) is 2. The van der Waals surface area contributed by atoms with E-state index in [1.54, 1.807) is 26.0 Å². The Bertz CT molecular complexity index is 437. The van der Waals surface area contributed by atoms with Gasteiger partial charge in [-0.05, 0) is 30.7 Å². The molecule has 3 nitrogen and oxygen atoms in total. The van der Waals surface area contributed by atoms with Gasteiger partial charge in [0.2, 0.25) is 0 Å². The van der Waals surface area contributed by atoms with Gasteiger partial charge in [-0.15, -0.1) is 0 Å². The average Bonchev–Trinajstić information content (AvgIpc) is 2.20. The first-order valence-corrected chi connectivity index (χ1v) is 5.99. The summed E-state index contributed by atoms with van der Waals surface area (Å²) in [5, 5.41) is 8.93. The molecule has 1 aromatic rings. The number of carboxylic acid groups (broad SMARTS) is 1. The van der Waals surface area contributed by atoms with Gasteiger partial charge in [-0.2, -0.15) is 0 Å². The van der Waals surface area contributed by atoms with Crippen molar-refractivity contribution in [1.82, 2.24) is 0 Å². The Morgan fingerprint density at radius 1 is 1.65 bits per heavy atom. The summed E-state index contributed by atoms with van der Waals surface area (Å²) in [6.07, 6.45) is -0.210. The molecule has 0 saturated carbocycles. The Labute approximate surface area is 108 Å². The van der Waals surface area contributed by atoms with E-state index in [9.17, 15) is 9.18 Å². The number of carboxylic acids is 1. The van der Waals surface area contributed by atoms with Gasteiger partial charge in [0.25, 0.3) is 0 Å². The van der Waals surface area contributed by atoms with E-state index in [0.717, 1.165) is 0 Å². The second kappa shape index (κ2) is 5.14. The lowest BCUT2D eigenvalue weighted by Crippen LogP contribution is -2.43. The minimum absolute atomic E-state index is 0.210. The molecule has 0 spiro atoms. The zero-order valence-corrected chi connectivity index (χ0v) is 11.3.